The predicted molar refractivity (Wildman–Crippen MR) is 112 cm³/mol. The summed E-state index contributed by atoms with van der Waals surface area (Å²) in [5, 5.41) is 14.6. The van der Waals surface area contributed by atoms with Crippen molar-refractivity contribution in [1.82, 2.24) is 0 Å². The number of fused-ring (bicyclic) bond motifs is 1. The molecule has 0 saturated heterocycles. The van der Waals surface area contributed by atoms with Crippen molar-refractivity contribution in [2.45, 2.75) is 0 Å². The maximum Gasteiger partial charge on any atom is 0.269 e. The topological polar surface area (TPSA) is 102 Å². The van der Waals surface area contributed by atoms with Crippen molar-refractivity contribution in [3.05, 3.63) is 105 Å². The summed E-state index contributed by atoms with van der Waals surface area (Å²) in [7, 11) is 0. The number of nitrogens with one attached hydrogen (secondary N) is 1. The molecule has 0 aliphatic heterocycles. The quantitative estimate of drug-likeness (QED) is 0.261. The zero-order chi connectivity index (χ0) is 21.3. The Morgan fingerprint density at radius 3 is 2.20 bits per heavy atom. The van der Waals surface area contributed by atoms with Crippen LogP contribution in [0.4, 0.5) is 11.4 Å². The molecular formula is C22H13ClN2O5. The third-order valence-corrected chi connectivity index (χ3v) is 4.74. The standard InChI is InChI=1S/C22H13ClN2O5/c23-15-9-5-13(6-10-15)20(26)21-19(17-3-1-2-4-18(17)30-21)24-22(27)14-7-11-16(12-8-14)25(28)29/h1-12H,(H,24,27). The summed E-state index contributed by atoms with van der Waals surface area (Å²) < 4.78 is 5.75. The van der Waals surface area contributed by atoms with Gasteiger partial charge in [-0.2, -0.15) is 0 Å². The van der Waals surface area contributed by atoms with Gasteiger partial charge >= 0.3 is 0 Å². The fourth-order valence-corrected chi connectivity index (χ4v) is 3.11. The van der Waals surface area contributed by atoms with Crippen LogP contribution >= 0.6 is 11.6 Å². The number of ketones is 1. The van der Waals surface area contributed by atoms with Gasteiger partial charge in [-0.3, -0.25) is 19.7 Å². The first-order chi connectivity index (χ1) is 14.4. The zero-order valence-corrected chi connectivity index (χ0v) is 16.1. The van der Waals surface area contributed by atoms with Crippen LogP contribution < -0.4 is 5.32 Å². The van der Waals surface area contributed by atoms with E-state index in [1.165, 1.54) is 24.3 Å². The average molecular weight is 421 g/mol. The van der Waals surface area contributed by atoms with Gasteiger partial charge in [-0.1, -0.05) is 23.7 Å². The van der Waals surface area contributed by atoms with E-state index >= 15 is 0 Å². The summed E-state index contributed by atoms with van der Waals surface area (Å²) in [4.78, 5) is 36.0. The number of nitro benzene ring substituents is 1. The minimum absolute atomic E-state index is 0.0196. The third-order valence-electron chi connectivity index (χ3n) is 4.49. The first-order valence-electron chi connectivity index (χ1n) is 8.81. The number of hydrogen-bond donors (Lipinski definition) is 1. The number of furan rings is 1. The Balaban J connectivity index is 1.73. The molecule has 0 aliphatic rings. The van der Waals surface area contributed by atoms with Crippen molar-refractivity contribution in [1.29, 1.82) is 0 Å². The van der Waals surface area contributed by atoms with E-state index in [1.807, 2.05) is 0 Å². The minimum Gasteiger partial charge on any atom is -0.450 e. The lowest BCUT2D eigenvalue weighted by Crippen LogP contribution is -2.14. The number of non-ortho nitro benzene ring substituents is 1. The largest absolute Gasteiger partial charge is 0.450 e. The number of rotatable bonds is 5. The Morgan fingerprint density at radius 2 is 1.53 bits per heavy atom. The van der Waals surface area contributed by atoms with Gasteiger partial charge in [0.05, 0.1) is 10.6 Å². The maximum atomic E-state index is 13.0. The van der Waals surface area contributed by atoms with E-state index in [-0.39, 0.29) is 22.7 Å². The molecule has 0 unspecified atom stereocenters. The lowest BCUT2D eigenvalue weighted by atomic mass is 10.1. The van der Waals surface area contributed by atoms with Crippen LogP contribution in [0, 0.1) is 10.1 Å². The van der Waals surface area contributed by atoms with Gasteiger partial charge in [0.25, 0.3) is 11.6 Å². The van der Waals surface area contributed by atoms with Gasteiger partial charge in [-0.25, -0.2) is 0 Å². The van der Waals surface area contributed by atoms with Gasteiger partial charge in [0.1, 0.15) is 5.58 Å². The number of nitrogens with zero attached hydrogens (tertiary/aromatic N) is 1. The van der Waals surface area contributed by atoms with Crippen LogP contribution in [0.3, 0.4) is 0 Å². The minimum atomic E-state index is -0.547. The third kappa shape index (κ3) is 3.66. The van der Waals surface area contributed by atoms with E-state index in [4.69, 9.17) is 16.0 Å². The highest BCUT2D eigenvalue weighted by molar-refractivity contribution is 6.30. The van der Waals surface area contributed by atoms with Crippen LogP contribution in [0.2, 0.25) is 5.02 Å². The molecule has 30 heavy (non-hydrogen) atoms. The molecule has 4 rings (SSSR count). The van der Waals surface area contributed by atoms with E-state index in [9.17, 15) is 19.7 Å². The summed E-state index contributed by atoms with van der Waals surface area (Å²) >= 11 is 5.89. The molecular weight excluding hydrogens is 408 g/mol. The Kier molecular flexibility index (Phi) is 5.04. The summed E-state index contributed by atoms with van der Waals surface area (Å²) in [6.07, 6.45) is 0. The van der Waals surface area contributed by atoms with Crippen LogP contribution in [0.15, 0.2) is 77.2 Å². The zero-order valence-electron chi connectivity index (χ0n) is 15.3. The number of benzene rings is 3. The summed E-state index contributed by atoms with van der Waals surface area (Å²) in [5.74, 6) is -0.961. The molecule has 8 heteroatoms. The number of hydrogen-bond acceptors (Lipinski definition) is 5. The molecule has 1 N–H and O–H groups in total. The highest BCUT2D eigenvalue weighted by Crippen LogP contribution is 2.33. The number of para-hydroxylation sites is 1. The molecule has 1 heterocycles. The lowest BCUT2D eigenvalue weighted by Gasteiger charge is -2.06. The fraction of sp³-hybridized carbons (Fsp3) is 0. The highest BCUT2D eigenvalue weighted by atomic mass is 35.5. The Bertz CT molecular complexity index is 1280. The SMILES string of the molecule is O=C(Nc1c(C(=O)c2ccc(Cl)cc2)oc2ccccc12)c1ccc([N+](=O)[O-])cc1. The average Bonchev–Trinajstić information content (AvgIpc) is 3.12. The van der Waals surface area contributed by atoms with E-state index in [2.05, 4.69) is 5.32 Å². The van der Waals surface area contributed by atoms with Gasteiger partial charge < -0.3 is 9.73 Å². The van der Waals surface area contributed by atoms with E-state index < -0.39 is 16.6 Å². The molecule has 4 aromatic rings. The smallest absolute Gasteiger partial charge is 0.269 e. The number of amides is 1. The molecule has 7 nitrogen and oxygen atoms in total. The normalized spacial score (nSPS) is 10.7. The molecule has 0 aliphatic carbocycles. The molecule has 0 saturated carbocycles. The van der Waals surface area contributed by atoms with Crippen molar-refractivity contribution in [2.24, 2.45) is 0 Å². The fourth-order valence-electron chi connectivity index (χ4n) is 2.98. The first kappa shape index (κ1) is 19.4. The van der Waals surface area contributed by atoms with Crippen molar-refractivity contribution in [2.75, 3.05) is 5.32 Å². The number of anilines is 1. The summed E-state index contributed by atoms with van der Waals surface area (Å²) in [5.41, 5.74) is 1.10. The van der Waals surface area contributed by atoms with E-state index in [0.29, 0.717) is 21.6 Å². The van der Waals surface area contributed by atoms with Gasteiger partial charge in [-0.15, -0.1) is 0 Å². The Labute approximate surface area is 175 Å². The first-order valence-corrected chi connectivity index (χ1v) is 9.19. The monoisotopic (exact) mass is 420 g/mol. The van der Waals surface area contributed by atoms with Crippen LogP contribution in [-0.4, -0.2) is 16.6 Å². The molecule has 1 aromatic heterocycles. The van der Waals surface area contributed by atoms with Crippen molar-refractivity contribution >= 4 is 45.6 Å². The van der Waals surface area contributed by atoms with Crippen LogP contribution in [0.1, 0.15) is 26.5 Å². The molecule has 1 amide bonds. The maximum absolute atomic E-state index is 13.0. The number of halogens is 1. The second-order valence-electron chi connectivity index (χ2n) is 6.40. The van der Waals surface area contributed by atoms with Gasteiger partial charge in [0.15, 0.2) is 5.76 Å². The van der Waals surface area contributed by atoms with E-state index in [1.54, 1.807) is 48.5 Å². The molecule has 0 spiro atoms. The van der Waals surface area contributed by atoms with Crippen molar-refractivity contribution < 1.29 is 18.9 Å². The number of nitro groups is 1. The van der Waals surface area contributed by atoms with Crippen molar-refractivity contribution in [3.63, 3.8) is 0 Å². The molecule has 0 atom stereocenters. The Hall–Kier alpha value is -3.97. The number of carbonyl (C=O) groups excluding carboxylic acids is 2. The summed E-state index contributed by atoms with van der Waals surface area (Å²) in [6, 6.07) is 18.4. The number of carbonyl (C=O) groups is 2. The van der Waals surface area contributed by atoms with Gasteiger partial charge in [0, 0.05) is 33.7 Å². The summed E-state index contributed by atoms with van der Waals surface area (Å²) in [6.45, 7) is 0. The van der Waals surface area contributed by atoms with Gasteiger partial charge in [-0.05, 0) is 48.5 Å². The van der Waals surface area contributed by atoms with Crippen LogP contribution in [0.5, 0.6) is 0 Å². The second kappa shape index (κ2) is 7.81. The molecule has 0 bridgehead atoms. The molecule has 148 valence electrons. The van der Waals surface area contributed by atoms with Crippen LogP contribution in [-0.2, 0) is 0 Å². The predicted octanol–water partition coefficient (Wildman–Crippen LogP) is 5.48. The lowest BCUT2D eigenvalue weighted by molar-refractivity contribution is -0.384. The Morgan fingerprint density at radius 1 is 0.900 bits per heavy atom. The molecule has 0 radical (unpaired) electrons. The second-order valence-corrected chi connectivity index (χ2v) is 6.83. The molecule has 3 aromatic carbocycles. The van der Waals surface area contributed by atoms with Crippen LogP contribution in [0.25, 0.3) is 11.0 Å². The molecule has 0 fully saturated rings. The van der Waals surface area contributed by atoms with Crippen molar-refractivity contribution in [3.8, 4) is 0 Å². The van der Waals surface area contributed by atoms with Gasteiger partial charge in [0.2, 0.25) is 5.78 Å². The van der Waals surface area contributed by atoms with E-state index in [0.717, 1.165) is 0 Å². The highest BCUT2D eigenvalue weighted by Gasteiger charge is 2.24.